The largest absolute Gasteiger partial charge is 0.475 e. The lowest BCUT2D eigenvalue weighted by atomic mass is 10.4. The molecule has 7 heteroatoms. The number of nitrogens with two attached hydrogens (primary N) is 1. The number of nitrogens with zero attached hydrogens (tertiary/aromatic N) is 3. The highest BCUT2D eigenvalue weighted by atomic mass is 35.5. The highest BCUT2D eigenvalue weighted by molar-refractivity contribution is 6.31. The number of nitrogens with one attached hydrogen (secondary N) is 1. The summed E-state index contributed by atoms with van der Waals surface area (Å²) in [6.45, 7) is 3.76. The van der Waals surface area contributed by atoms with Gasteiger partial charge in [-0.15, -0.1) is 0 Å². The van der Waals surface area contributed by atoms with Crippen molar-refractivity contribution in [2.24, 2.45) is 5.84 Å². The molecule has 17 heavy (non-hydrogen) atoms. The van der Waals surface area contributed by atoms with Crippen LogP contribution in [-0.2, 0) is 0 Å². The fourth-order valence-corrected chi connectivity index (χ4v) is 1.95. The van der Waals surface area contributed by atoms with E-state index in [4.69, 9.17) is 22.2 Å². The molecule has 0 saturated carbocycles. The van der Waals surface area contributed by atoms with E-state index < -0.39 is 0 Å². The summed E-state index contributed by atoms with van der Waals surface area (Å²) in [5.41, 5.74) is 2.35. The third-order valence-electron chi connectivity index (χ3n) is 2.69. The van der Waals surface area contributed by atoms with Crippen LogP contribution in [0.4, 0.5) is 5.95 Å². The monoisotopic (exact) mass is 257 g/mol. The molecule has 0 radical (unpaired) electrons. The third kappa shape index (κ3) is 3.42. The molecule has 1 aromatic heterocycles. The molecule has 6 nitrogen and oxygen atoms in total. The van der Waals surface area contributed by atoms with Crippen molar-refractivity contribution in [1.29, 1.82) is 0 Å². The van der Waals surface area contributed by atoms with E-state index in [0.717, 1.165) is 19.6 Å². The average Bonchev–Trinajstić information content (AvgIpc) is 2.84. The molecule has 0 atom stereocenters. The molecule has 2 rings (SSSR count). The standard InChI is InChI=1S/C10H16ClN5O/c11-8-7-13-10(15-12)14-9(8)17-6-5-16-3-1-2-4-16/h7H,1-6,12H2,(H,13,14,15). The predicted molar refractivity (Wildman–Crippen MR) is 66.0 cm³/mol. The van der Waals surface area contributed by atoms with Gasteiger partial charge in [0, 0.05) is 6.54 Å². The van der Waals surface area contributed by atoms with Gasteiger partial charge >= 0.3 is 0 Å². The minimum atomic E-state index is 0.297. The Labute approximate surface area is 105 Å². The van der Waals surface area contributed by atoms with Crippen LogP contribution >= 0.6 is 11.6 Å². The zero-order chi connectivity index (χ0) is 12.1. The number of aromatic nitrogens is 2. The van der Waals surface area contributed by atoms with Crippen LogP contribution in [0.5, 0.6) is 5.88 Å². The van der Waals surface area contributed by atoms with Crippen LogP contribution in [0.25, 0.3) is 0 Å². The topological polar surface area (TPSA) is 76.3 Å². The zero-order valence-electron chi connectivity index (χ0n) is 9.53. The van der Waals surface area contributed by atoms with Crippen molar-refractivity contribution < 1.29 is 4.74 Å². The zero-order valence-corrected chi connectivity index (χ0v) is 10.3. The SMILES string of the molecule is NNc1ncc(Cl)c(OCCN2CCCC2)n1. The summed E-state index contributed by atoms with van der Waals surface area (Å²) < 4.78 is 5.52. The van der Waals surface area contributed by atoms with E-state index in [9.17, 15) is 0 Å². The first-order chi connectivity index (χ1) is 8.29. The molecule has 1 saturated heterocycles. The molecule has 0 unspecified atom stereocenters. The van der Waals surface area contributed by atoms with Gasteiger partial charge in [0.2, 0.25) is 11.8 Å². The molecule has 1 fully saturated rings. The van der Waals surface area contributed by atoms with Crippen LogP contribution in [0.15, 0.2) is 6.20 Å². The van der Waals surface area contributed by atoms with Gasteiger partial charge in [0.05, 0.1) is 6.20 Å². The smallest absolute Gasteiger partial charge is 0.240 e. The number of likely N-dealkylation sites (tertiary alicyclic amines) is 1. The highest BCUT2D eigenvalue weighted by Crippen LogP contribution is 2.21. The molecule has 2 heterocycles. The Morgan fingerprint density at radius 3 is 2.94 bits per heavy atom. The van der Waals surface area contributed by atoms with Crippen molar-refractivity contribution in [3.8, 4) is 5.88 Å². The lowest BCUT2D eigenvalue weighted by Crippen LogP contribution is -2.25. The number of hydrogen-bond acceptors (Lipinski definition) is 6. The quantitative estimate of drug-likeness (QED) is 0.603. The number of hydrogen-bond donors (Lipinski definition) is 2. The molecular formula is C10H16ClN5O. The van der Waals surface area contributed by atoms with Gasteiger partial charge in [0.25, 0.3) is 0 Å². The van der Waals surface area contributed by atoms with Gasteiger partial charge in [-0.2, -0.15) is 4.98 Å². The van der Waals surface area contributed by atoms with Crippen molar-refractivity contribution in [2.45, 2.75) is 12.8 Å². The Kier molecular flexibility index (Phi) is 4.36. The lowest BCUT2D eigenvalue weighted by Gasteiger charge is -2.15. The van der Waals surface area contributed by atoms with Crippen molar-refractivity contribution >= 4 is 17.5 Å². The Morgan fingerprint density at radius 2 is 2.24 bits per heavy atom. The van der Waals surface area contributed by atoms with Crippen LogP contribution < -0.4 is 16.0 Å². The summed E-state index contributed by atoms with van der Waals surface area (Å²) in [6, 6.07) is 0. The highest BCUT2D eigenvalue weighted by Gasteiger charge is 2.12. The third-order valence-corrected chi connectivity index (χ3v) is 2.95. The number of rotatable bonds is 5. The van der Waals surface area contributed by atoms with Crippen LogP contribution in [0.1, 0.15) is 12.8 Å². The van der Waals surface area contributed by atoms with E-state index in [2.05, 4.69) is 20.3 Å². The average molecular weight is 258 g/mol. The normalized spacial score (nSPS) is 16.1. The number of anilines is 1. The maximum absolute atomic E-state index is 5.92. The second-order valence-electron chi connectivity index (χ2n) is 3.89. The summed E-state index contributed by atoms with van der Waals surface area (Å²) >= 11 is 5.92. The first-order valence-electron chi connectivity index (χ1n) is 5.64. The van der Waals surface area contributed by atoms with E-state index in [1.54, 1.807) is 0 Å². The fraction of sp³-hybridized carbons (Fsp3) is 0.600. The molecule has 1 aromatic rings. The van der Waals surface area contributed by atoms with Gasteiger partial charge in [0.1, 0.15) is 11.6 Å². The van der Waals surface area contributed by atoms with Crippen LogP contribution in [0.3, 0.4) is 0 Å². The molecule has 1 aliphatic heterocycles. The molecule has 0 spiro atoms. The van der Waals surface area contributed by atoms with E-state index in [-0.39, 0.29) is 0 Å². The van der Waals surface area contributed by atoms with Crippen LogP contribution in [0.2, 0.25) is 5.02 Å². The van der Waals surface area contributed by atoms with Crippen molar-refractivity contribution in [3.63, 3.8) is 0 Å². The van der Waals surface area contributed by atoms with E-state index in [0.29, 0.717) is 23.5 Å². The van der Waals surface area contributed by atoms with Crippen molar-refractivity contribution in [3.05, 3.63) is 11.2 Å². The summed E-state index contributed by atoms with van der Waals surface area (Å²) in [7, 11) is 0. The van der Waals surface area contributed by atoms with Gasteiger partial charge in [-0.3, -0.25) is 10.3 Å². The minimum absolute atomic E-state index is 0.297. The maximum atomic E-state index is 5.92. The number of hydrazine groups is 1. The molecule has 94 valence electrons. The molecular weight excluding hydrogens is 242 g/mol. The molecule has 0 amide bonds. The molecule has 3 N–H and O–H groups in total. The second kappa shape index (κ2) is 6.00. The lowest BCUT2D eigenvalue weighted by molar-refractivity contribution is 0.232. The maximum Gasteiger partial charge on any atom is 0.240 e. The first-order valence-corrected chi connectivity index (χ1v) is 6.01. The van der Waals surface area contributed by atoms with Gasteiger partial charge in [-0.1, -0.05) is 11.6 Å². The summed E-state index contributed by atoms with van der Waals surface area (Å²) in [5.74, 6) is 5.88. The molecule has 0 aromatic carbocycles. The van der Waals surface area contributed by atoms with Crippen molar-refractivity contribution in [1.82, 2.24) is 14.9 Å². The number of nitrogen functional groups attached to an aromatic ring is 1. The van der Waals surface area contributed by atoms with Crippen molar-refractivity contribution in [2.75, 3.05) is 31.7 Å². The summed E-state index contributed by atoms with van der Waals surface area (Å²) in [6.07, 6.45) is 4.01. The van der Waals surface area contributed by atoms with Gasteiger partial charge in [0.15, 0.2) is 0 Å². The molecule has 0 aliphatic carbocycles. The summed E-state index contributed by atoms with van der Waals surface area (Å²) in [4.78, 5) is 10.3. The second-order valence-corrected chi connectivity index (χ2v) is 4.30. The first kappa shape index (κ1) is 12.3. The Bertz CT molecular complexity index is 370. The van der Waals surface area contributed by atoms with E-state index >= 15 is 0 Å². The Morgan fingerprint density at radius 1 is 1.47 bits per heavy atom. The van der Waals surface area contributed by atoms with Gasteiger partial charge in [-0.05, 0) is 25.9 Å². The molecule has 0 bridgehead atoms. The Hall–Kier alpha value is -1.11. The number of halogens is 1. The fourth-order valence-electron chi connectivity index (χ4n) is 1.80. The molecule has 1 aliphatic rings. The van der Waals surface area contributed by atoms with E-state index in [1.807, 2.05) is 0 Å². The summed E-state index contributed by atoms with van der Waals surface area (Å²) in [5, 5.41) is 0.394. The van der Waals surface area contributed by atoms with Gasteiger partial charge < -0.3 is 4.74 Å². The Balaban J connectivity index is 1.84. The van der Waals surface area contributed by atoms with Crippen LogP contribution in [-0.4, -0.2) is 41.1 Å². The van der Waals surface area contributed by atoms with Crippen LogP contribution in [0, 0.1) is 0 Å². The predicted octanol–water partition coefficient (Wildman–Crippen LogP) is 0.890. The van der Waals surface area contributed by atoms with E-state index in [1.165, 1.54) is 19.0 Å². The minimum Gasteiger partial charge on any atom is -0.475 e. The number of ether oxygens (including phenoxy) is 1. The van der Waals surface area contributed by atoms with Gasteiger partial charge in [-0.25, -0.2) is 10.8 Å².